The fourth-order valence-electron chi connectivity index (χ4n) is 1.39. The molecule has 0 aliphatic heterocycles. The number of alkyl halides is 1. The topological polar surface area (TPSA) is 30.2 Å². The molecule has 1 aromatic heterocycles. The molecule has 0 saturated carbocycles. The Hall–Kier alpha value is -0.620. The van der Waals surface area contributed by atoms with Crippen LogP contribution in [-0.2, 0) is 0 Å². The Balaban J connectivity index is 2.19. The molecule has 2 aromatic rings. The highest BCUT2D eigenvalue weighted by Crippen LogP contribution is 2.09. The molecule has 1 aromatic carbocycles. The summed E-state index contributed by atoms with van der Waals surface area (Å²) in [5.74, 6) is 0.558. The largest absolute Gasteiger partial charge is 0.423 e. The Bertz CT molecular complexity index is 618. The van der Waals surface area contributed by atoms with Gasteiger partial charge in [0, 0.05) is 22.8 Å². The van der Waals surface area contributed by atoms with Crippen molar-refractivity contribution < 1.29 is 25.6 Å². The van der Waals surface area contributed by atoms with Gasteiger partial charge < -0.3 is 4.42 Å². The van der Waals surface area contributed by atoms with Crippen molar-refractivity contribution in [3.63, 3.8) is 0 Å². The van der Waals surface area contributed by atoms with Crippen LogP contribution in [0.1, 0.15) is 6.92 Å². The molecule has 0 fully saturated rings. The van der Waals surface area contributed by atoms with Gasteiger partial charge >= 0.3 is 26.8 Å². The van der Waals surface area contributed by atoms with E-state index in [0.29, 0.717) is 11.5 Å². The lowest BCUT2D eigenvalue weighted by molar-refractivity contribution is -0.557. The summed E-state index contributed by atoms with van der Waals surface area (Å²) in [6.45, 7) is 2.18. The first-order valence-electron chi connectivity index (χ1n) is 5.59. The number of allylic oxidation sites excluding steroid dienone is 1. The van der Waals surface area contributed by atoms with Gasteiger partial charge in [0.05, 0.1) is 0 Å². The van der Waals surface area contributed by atoms with Crippen molar-refractivity contribution in [2.45, 2.75) is 6.92 Å². The normalized spacial score (nSPS) is 13.2. The third-order valence-electron chi connectivity index (χ3n) is 2.42. The number of hydrogen-bond acceptors (Lipinski definition) is 2. The fourth-order valence-corrected chi connectivity index (χ4v) is 3.78. The van der Waals surface area contributed by atoms with Crippen LogP contribution in [0.15, 0.2) is 49.7 Å². The molecule has 0 N–H and O–H groups in total. The minimum Gasteiger partial charge on any atom is -0.423 e. The second-order valence-electron chi connectivity index (χ2n) is 4.00. The number of benzene rings is 1. The summed E-state index contributed by atoms with van der Waals surface area (Å²) in [4.78, 5) is 11.2. The van der Waals surface area contributed by atoms with E-state index in [-0.39, 0.29) is 26.8 Å². The van der Waals surface area contributed by atoms with Gasteiger partial charge in [0.25, 0.3) is 0 Å². The molecular formula is C14H13BrIO2+. The van der Waals surface area contributed by atoms with Gasteiger partial charge in [-0.05, 0) is 30.2 Å². The van der Waals surface area contributed by atoms with E-state index in [2.05, 4.69) is 39.1 Å². The van der Waals surface area contributed by atoms with Gasteiger partial charge in [0.1, 0.15) is 5.58 Å². The summed E-state index contributed by atoms with van der Waals surface area (Å²) < 4.78 is 8.70. The molecule has 4 heteroatoms. The Morgan fingerprint density at radius 2 is 2.17 bits per heavy atom. The maximum atomic E-state index is 11.2. The third-order valence-corrected chi connectivity index (χ3v) is 5.61. The zero-order valence-electron chi connectivity index (χ0n) is 9.90. The van der Waals surface area contributed by atoms with E-state index in [1.165, 1.54) is 9.64 Å². The molecule has 18 heavy (non-hydrogen) atoms. The molecule has 0 bridgehead atoms. The predicted octanol–water partition coefficient (Wildman–Crippen LogP) is 0.596. The number of halogens is 2. The molecule has 0 spiro atoms. The average Bonchev–Trinajstić information content (AvgIpc) is 2.38. The Labute approximate surface area is 124 Å². The molecule has 0 aliphatic carbocycles. The third kappa shape index (κ3) is 3.68. The minimum absolute atomic E-state index is 0.161. The van der Waals surface area contributed by atoms with Crippen LogP contribution in [0.4, 0.5) is 0 Å². The zero-order chi connectivity index (χ0) is 13.0. The van der Waals surface area contributed by atoms with E-state index >= 15 is 0 Å². The smallest absolute Gasteiger partial charge is 0.349 e. The first-order valence-corrected chi connectivity index (χ1v) is 9.03. The van der Waals surface area contributed by atoms with Crippen LogP contribution in [0.25, 0.3) is 11.0 Å². The molecule has 2 rings (SSSR count). The van der Waals surface area contributed by atoms with Crippen molar-refractivity contribution in [3.05, 3.63) is 54.5 Å². The Morgan fingerprint density at radius 3 is 2.94 bits per heavy atom. The van der Waals surface area contributed by atoms with Crippen LogP contribution in [0.5, 0.6) is 0 Å². The molecule has 0 aliphatic rings. The standard InChI is InChI=1S/C14H13BrIO2/c1-10(9-15)6-7-16-12-4-2-11-3-5-14(17)18-13(11)8-12/h2-8,10H,9H2,1H3/q+1/b7-6+/t10-/m0/s1. The van der Waals surface area contributed by atoms with Crippen LogP contribution < -0.4 is 26.8 Å². The number of fused-ring (bicyclic) bond motifs is 1. The van der Waals surface area contributed by atoms with E-state index in [9.17, 15) is 4.79 Å². The summed E-state index contributed by atoms with van der Waals surface area (Å²) in [6.07, 6.45) is 2.23. The first kappa shape index (κ1) is 13.8. The highest BCUT2D eigenvalue weighted by atomic mass is 127. The number of hydrogen-bond donors (Lipinski definition) is 0. The van der Waals surface area contributed by atoms with Gasteiger partial charge in [-0.1, -0.05) is 22.9 Å². The lowest BCUT2D eigenvalue weighted by Gasteiger charge is -1.94. The van der Waals surface area contributed by atoms with Crippen molar-refractivity contribution in [2.75, 3.05) is 5.33 Å². The average molecular weight is 420 g/mol. The molecule has 0 unspecified atom stereocenters. The van der Waals surface area contributed by atoms with Crippen LogP contribution in [0, 0.1) is 9.49 Å². The first-order chi connectivity index (χ1) is 8.69. The van der Waals surface area contributed by atoms with E-state index in [4.69, 9.17) is 4.42 Å². The number of rotatable bonds is 4. The molecule has 0 amide bonds. The summed E-state index contributed by atoms with van der Waals surface area (Å²) in [5, 5.41) is 1.96. The predicted molar refractivity (Wildman–Crippen MR) is 73.3 cm³/mol. The lowest BCUT2D eigenvalue weighted by atomic mass is 10.2. The van der Waals surface area contributed by atoms with E-state index in [1.54, 1.807) is 6.07 Å². The van der Waals surface area contributed by atoms with Gasteiger partial charge in [-0.25, -0.2) is 4.79 Å². The van der Waals surface area contributed by atoms with Crippen LogP contribution in [-0.4, -0.2) is 5.33 Å². The van der Waals surface area contributed by atoms with Gasteiger partial charge in [-0.2, -0.15) is 0 Å². The monoisotopic (exact) mass is 419 g/mol. The molecule has 94 valence electrons. The Kier molecular flexibility index (Phi) is 5.00. The van der Waals surface area contributed by atoms with Crippen LogP contribution >= 0.6 is 15.9 Å². The SMILES string of the molecule is C[C@@H](/C=C/[I+]c1ccc2ccc(=O)oc2c1)CBr. The van der Waals surface area contributed by atoms with E-state index in [1.807, 2.05) is 12.1 Å². The second-order valence-corrected chi connectivity index (χ2v) is 7.23. The zero-order valence-corrected chi connectivity index (χ0v) is 13.6. The van der Waals surface area contributed by atoms with E-state index < -0.39 is 0 Å². The minimum atomic E-state index is -0.290. The van der Waals surface area contributed by atoms with Crippen LogP contribution in [0.2, 0.25) is 0 Å². The van der Waals surface area contributed by atoms with E-state index in [0.717, 1.165) is 10.7 Å². The summed E-state index contributed by atoms with van der Waals surface area (Å²) in [5.41, 5.74) is 0.392. The summed E-state index contributed by atoms with van der Waals surface area (Å²) in [7, 11) is 0. The van der Waals surface area contributed by atoms with Crippen molar-refractivity contribution in [3.8, 4) is 0 Å². The van der Waals surface area contributed by atoms with Crippen LogP contribution in [0.3, 0.4) is 0 Å². The molecule has 0 saturated heterocycles. The lowest BCUT2D eigenvalue weighted by Crippen LogP contribution is -3.59. The maximum Gasteiger partial charge on any atom is 0.349 e. The van der Waals surface area contributed by atoms with Crippen molar-refractivity contribution in [1.29, 1.82) is 0 Å². The maximum absolute atomic E-state index is 11.2. The van der Waals surface area contributed by atoms with Crippen molar-refractivity contribution >= 4 is 26.9 Å². The van der Waals surface area contributed by atoms with Crippen molar-refractivity contribution in [2.24, 2.45) is 5.92 Å². The summed E-state index contributed by atoms with van der Waals surface area (Å²) >= 11 is 3.29. The highest BCUT2D eigenvalue weighted by molar-refractivity contribution is 9.09. The molecule has 1 atom stereocenters. The quantitative estimate of drug-likeness (QED) is 0.412. The van der Waals surface area contributed by atoms with Crippen molar-refractivity contribution in [1.82, 2.24) is 0 Å². The second kappa shape index (κ2) is 6.52. The molecule has 0 radical (unpaired) electrons. The Morgan fingerprint density at radius 1 is 1.39 bits per heavy atom. The molecule has 2 nitrogen and oxygen atoms in total. The highest BCUT2D eigenvalue weighted by Gasteiger charge is 2.10. The van der Waals surface area contributed by atoms with Gasteiger partial charge in [0.2, 0.25) is 0 Å². The molecule has 1 heterocycles. The van der Waals surface area contributed by atoms with Gasteiger partial charge in [-0.3, -0.25) is 0 Å². The molecular weight excluding hydrogens is 407 g/mol. The fraction of sp³-hybridized carbons (Fsp3) is 0.214. The van der Waals surface area contributed by atoms with Gasteiger partial charge in [-0.15, -0.1) is 0 Å². The van der Waals surface area contributed by atoms with Gasteiger partial charge in [0.15, 0.2) is 7.65 Å². The summed E-state index contributed by atoms with van der Waals surface area (Å²) in [6, 6.07) is 9.35.